The van der Waals surface area contributed by atoms with Gasteiger partial charge in [-0.1, -0.05) is 118 Å². The van der Waals surface area contributed by atoms with Crippen molar-refractivity contribution in [1.82, 2.24) is 0 Å². The lowest BCUT2D eigenvalue weighted by atomic mass is 9.79. The second-order valence-electron chi connectivity index (χ2n) is 15.5. The van der Waals surface area contributed by atoms with Crippen molar-refractivity contribution in [2.45, 2.75) is 116 Å². The number of hydrogen-bond acceptors (Lipinski definition) is 4. The number of nitrogens with zero attached hydrogens (tertiary/aromatic N) is 2. The molecule has 1 aliphatic rings. The van der Waals surface area contributed by atoms with E-state index in [0.29, 0.717) is 5.75 Å². The second-order valence-corrected chi connectivity index (χ2v) is 15.5. The van der Waals surface area contributed by atoms with E-state index in [-0.39, 0.29) is 34.1 Å². The first kappa shape index (κ1) is 33.2. The molecule has 1 saturated carbocycles. The molecule has 1 aliphatic carbocycles. The summed E-state index contributed by atoms with van der Waals surface area (Å²) in [7, 11) is 0. The Hall–Kier alpha value is -3.66. The van der Waals surface area contributed by atoms with Gasteiger partial charge < -0.3 is 10.2 Å². The molecule has 4 nitrogen and oxygen atoms in total. The fourth-order valence-electron chi connectivity index (χ4n) is 5.86. The highest BCUT2D eigenvalue weighted by atomic mass is 16.3. The van der Waals surface area contributed by atoms with Crippen molar-refractivity contribution in [3.63, 3.8) is 0 Å². The Balaban J connectivity index is 1.70. The van der Waals surface area contributed by atoms with E-state index < -0.39 is 0 Å². The summed E-state index contributed by atoms with van der Waals surface area (Å²) in [5.74, 6) is 0.588. The van der Waals surface area contributed by atoms with Crippen LogP contribution in [-0.2, 0) is 16.2 Å². The molecular formula is C40H52N2O2. The van der Waals surface area contributed by atoms with Gasteiger partial charge >= 0.3 is 0 Å². The topological polar surface area (TPSA) is 65.2 Å². The van der Waals surface area contributed by atoms with Crippen LogP contribution in [0.1, 0.15) is 121 Å². The van der Waals surface area contributed by atoms with Crippen LogP contribution in [0.3, 0.4) is 0 Å². The highest BCUT2D eigenvalue weighted by Gasteiger charge is 2.27. The van der Waals surface area contributed by atoms with Crippen molar-refractivity contribution >= 4 is 18.5 Å². The highest BCUT2D eigenvalue weighted by molar-refractivity contribution is 5.88. The van der Waals surface area contributed by atoms with Gasteiger partial charge in [0.1, 0.15) is 11.5 Å². The molecule has 3 aromatic rings. The van der Waals surface area contributed by atoms with Crippen molar-refractivity contribution in [1.29, 1.82) is 0 Å². The van der Waals surface area contributed by atoms with Gasteiger partial charge in [-0.15, -0.1) is 0 Å². The highest BCUT2D eigenvalue weighted by Crippen LogP contribution is 2.39. The number of aliphatic imine (C=N–C) groups is 2. The first-order valence-corrected chi connectivity index (χ1v) is 16.0. The summed E-state index contributed by atoms with van der Waals surface area (Å²) in [6.07, 6.45) is 9.64. The van der Waals surface area contributed by atoms with Gasteiger partial charge in [0, 0.05) is 34.7 Å². The fourth-order valence-corrected chi connectivity index (χ4v) is 5.86. The molecule has 4 heteroatoms. The van der Waals surface area contributed by atoms with E-state index in [1.807, 2.05) is 24.6 Å². The Kier molecular flexibility index (Phi) is 9.63. The molecule has 1 fully saturated rings. The minimum atomic E-state index is -0.239. The number of aromatic hydroxyl groups is 2. The zero-order valence-electron chi connectivity index (χ0n) is 28.3. The van der Waals surface area contributed by atoms with Crippen molar-refractivity contribution in [3.8, 4) is 22.6 Å². The van der Waals surface area contributed by atoms with Gasteiger partial charge in [0.05, 0.1) is 12.1 Å². The summed E-state index contributed by atoms with van der Waals surface area (Å²) in [6, 6.07) is 16.7. The van der Waals surface area contributed by atoms with E-state index >= 15 is 0 Å². The number of rotatable bonds is 6. The lowest BCUT2D eigenvalue weighted by molar-refractivity contribution is 0.390. The van der Waals surface area contributed by atoms with Gasteiger partial charge in [0.2, 0.25) is 0 Å². The molecule has 0 radical (unpaired) electrons. The molecule has 0 aliphatic heterocycles. The van der Waals surface area contributed by atoms with Crippen LogP contribution in [0.25, 0.3) is 17.2 Å². The summed E-state index contributed by atoms with van der Waals surface area (Å²) in [6.45, 7) is 23.2. The largest absolute Gasteiger partial charge is 0.507 e. The monoisotopic (exact) mass is 592 g/mol. The Morgan fingerprint density at radius 3 is 1.57 bits per heavy atom. The minimum Gasteiger partial charge on any atom is -0.507 e. The van der Waals surface area contributed by atoms with Crippen LogP contribution >= 0.6 is 0 Å². The molecule has 4 rings (SSSR count). The molecule has 3 aromatic carbocycles. The Bertz CT molecular complexity index is 1540. The maximum atomic E-state index is 11.4. The molecule has 44 heavy (non-hydrogen) atoms. The van der Waals surface area contributed by atoms with Crippen molar-refractivity contribution in [2.24, 2.45) is 9.98 Å². The van der Waals surface area contributed by atoms with Crippen molar-refractivity contribution < 1.29 is 10.2 Å². The number of benzene rings is 3. The summed E-state index contributed by atoms with van der Waals surface area (Å²) in [4.78, 5) is 10.1. The molecule has 0 aromatic heterocycles. The van der Waals surface area contributed by atoms with Gasteiger partial charge in [0.25, 0.3) is 0 Å². The molecule has 2 atom stereocenters. The molecule has 2 N–H and O–H groups in total. The smallest absolute Gasteiger partial charge is 0.128 e. The molecule has 0 amide bonds. The van der Waals surface area contributed by atoms with Crippen LogP contribution < -0.4 is 0 Å². The van der Waals surface area contributed by atoms with Crippen LogP contribution in [0, 0.1) is 0 Å². The lowest BCUT2D eigenvalue weighted by Gasteiger charge is -2.28. The first-order valence-electron chi connectivity index (χ1n) is 16.0. The van der Waals surface area contributed by atoms with Gasteiger partial charge in [-0.25, -0.2) is 0 Å². The molecule has 0 bridgehead atoms. The van der Waals surface area contributed by atoms with E-state index in [1.54, 1.807) is 0 Å². The van der Waals surface area contributed by atoms with Gasteiger partial charge in [0.15, 0.2) is 0 Å². The third-order valence-electron chi connectivity index (χ3n) is 8.74. The molecule has 0 unspecified atom stereocenters. The van der Waals surface area contributed by atoms with E-state index in [0.717, 1.165) is 64.6 Å². The number of hydrogen-bond donors (Lipinski definition) is 2. The van der Waals surface area contributed by atoms with E-state index in [2.05, 4.69) is 111 Å². The average Bonchev–Trinajstić information content (AvgIpc) is 2.94. The summed E-state index contributed by atoms with van der Waals surface area (Å²) >= 11 is 0. The van der Waals surface area contributed by atoms with Crippen molar-refractivity contribution in [2.75, 3.05) is 0 Å². The van der Waals surface area contributed by atoms with E-state index in [4.69, 9.17) is 9.98 Å². The standard InChI is InChI=1S/C40H52N2O2/c1-11-26-16-18-27(19-17-26)28-20-29(36(43)32(22-28)39(5,6)7)24-41-34-14-12-13-15-35(34)42-25-30-21-31(38(2,3)4)23-33(37(30)44)40(8,9)10/h11,16-25,34-35,43-44H,1,12-15H2,2-10H3/t34-,35-/m1/s1. The van der Waals surface area contributed by atoms with Crippen LogP contribution in [0.15, 0.2) is 65.1 Å². The maximum Gasteiger partial charge on any atom is 0.128 e. The Morgan fingerprint density at radius 2 is 1.11 bits per heavy atom. The predicted octanol–water partition coefficient (Wildman–Crippen LogP) is 10.1. The minimum absolute atomic E-state index is 0.00282. The Labute approximate surface area is 265 Å². The first-order chi connectivity index (χ1) is 20.5. The van der Waals surface area contributed by atoms with E-state index in [9.17, 15) is 10.2 Å². The van der Waals surface area contributed by atoms with Gasteiger partial charge in [-0.2, -0.15) is 0 Å². The van der Waals surface area contributed by atoms with E-state index in [1.165, 1.54) is 5.56 Å². The average molecular weight is 593 g/mol. The molecule has 0 heterocycles. The maximum absolute atomic E-state index is 11.4. The summed E-state index contributed by atoms with van der Waals surface area (Å²) < 4.78 is 0. The lowest BCUT2D eigenvalue weighted by Crippen LogP contribution is -2.27. The summed E-state index contributed by atoms with van der Waals surface area (Å²) in [5, 5.41) is 22.7. The van der Waals surface area contributed by atoms with Crippen molar-refractivity contribution in [3.05, 3.63) is 88.5 Å². The molecular weight excluding hydrogens is 540 g/mol. The van der Waals surface area contributed by atoms with Gasteiger partial charge in [-0.05, 0) is 69.5 Å². The number of phenols is 2. The van der Waals surface area contributed by atoms with Gasteiger partial charge in [-0.3, -0.25) is 9.98 Å². The zero-order valence-corrected chi connectivity index (χ0v) is 28.3. The quantitative estimate of drug-likeness (QED) is 0.280. The zero-order chi connectivity index (χ0) is 32.4. The summed E-state index contributed by atoms with van der Waals surface area (Å²) in [5.41, 5.74) is 7.22. The molecule has 234 valence electrons. The predicted molar refractivity (Wildman–Crippen MR) is 189 cm³/mol. The third kappa shape index (κ3) is 7.70. The van der Waals surface area contributed by atoms with Crippen LogP contribution in [0.4, 0.5) is 0 Å². The fraction of sp³-hybridized carbons (Fsp3) is 0.450. The second kappa shape index (κ2) is 12.8. The normalized spacial score (nSPS) is 18.3. The molecule has 0 saturated heterocycles. The van der Waals surface area contributed by atoms with Crippen LogP contribution in [0.2, 0.25) is 0 Å². The number of phenolic OH excluding ortho intramolecular Hbond substituents is 2. The van der Waals surface area contributed by atoms with Crippen LogP contribution in [0.5, 0.6) is 11.5 Å². The third-order valence-corrected chi connectivity index (χ3v) is 8.74. The Morgan fingerprint density at radius 1 is 0.636 bits per heavy atom. The SMILES string of the molecule is C=Cc1ccc(-c2cc(C=N[C@@H]3CCCC[C@H]3N=Cc3cc(C(C)(C)C)cc(C(C)(C)C)c3O)c(O)c(C(C)(C)C)c2)cc1. The van der Waals surface area contributed by atoms with Crippen LogP contribution in [-0.4, -0.2) is 34.7 Å². The molecule has 0 spiro atoms.